The normalized spacial score (nSPS) is 12.0. The number of sulfone groups is 1. The summed E-state index contributed by atoms with van der Waals surface area (Å²) < 4.78 is 26.0. The number of halogens is 2. The van der Waals surface area contributed by atoms with Crippen molar-refractivity contribution in [3.8, 4) is 0 Å². The Balaban J connectivity index is 0.00000441. The second-order valence-electron chi connectivity index (χ2n) is 4.83. The van der Waals surface area contributed by atoms with E-state index in [2.05, 4.69) is 26.2 Å². The molecule has 1 heterocycles. The van der Waals surface area contributed by atoms with Gasteiger partial charge in [-0.05, 0) is 22.0 Å². The lowest BCUT2D eigenvalue weighted by Gasteiger charge is -2.22. The molecule has 9 heteroatoms. The molecular weight excluding hydrogens is 483 g/mol. The number of nitrogens with zero attached hydrogens (tertiary/aromatic N) is 3. The molecule has 0 bridgehead atoms. The van der Waals surface area contributed by atoms with E-state index in [1.54, 1.807) is 14.0 Å². The number of hydrogen-bond acceptors (Lipinski definition) is 3. The molecule has 0 aromatic carbocycles. The molecular formula is C13H24BrIN4O2S. The molecule has 0 saturated carbocycles. The molecule has 128 valence electrons. The first-order valence-electron chi connectivity index (χ1n) is 6.72. The van der Waals surface area contributed by atoms with E-state index in [0.29, 0.717) is 19.0 Å². The number of hydrogen-bond donors (Lipinski definition) is 1. The number of nitrogens with one attached hydrogen (secondary N) is 1. The number of guanidine groups is 1. The largest absolute Gasteiger partial charge is 0.355 e. The lowest BCUT2D eigenvalue weighted by molar-refractivity contribution is 0.463. The van der Waals surface area contributed by atoms with Gasteiger partial charge in [-0.15, -0.1) is 24.0 Å². The van der Waals surface area contributed by atoms with Crippen LogP contribution in [0.2, 0.25) is 0 Å². The van der Waals surface area contributed by atoms with Crippen LogP contribution in [0.5, 0.6) is 0 Å². The van der Waals surface area contributed by atoms with Crippen LogP contribution in [0.4, 0.5) is 0 Å². The third-order valence-electron chi connectivity index (χ3n) is 3.18. The van der Waals surface area contributed by atoms with E-state index in [1.165, 1.54) is 0 Å². The zero-order valence-electron chi connectivity index (χ0n) is 13.3. The molecule has 0 unspecified atom stereocenters. The van der Waals surface area contributed by atoms with E-state index in [9.17, 15) is 8.42 Å². The first-order chi connectivity index (χ1) is 9.79. The highest BCUT2D eigenvalue weighted by atomic mass is 127. The van der Waals surface area contributed by atoms with Gasteiger partial charge in [-0.2, -0.15) is 0 Å². The van der Waals surface area contributed by atoms with Gasteiger partial charge in [0.1, 0.15) is 0 Å². The second-order valence-corrected chi connectivity index (χ2v) is 8.22. The maximum Gasteiger partial charge on any atom is 0.193 e. The van der Waals surface area contributed by atoms with Crippen LogP contribution in [0.25, 0.3) is 0 Å². The first kappa shape index (κ1) is 21.7. The summed E-state index contributed by atoms with van der Waals surface area (Å²) in [7, 11) is 2.64. The Bertz CT molecular complexity index is 601. The van der Waals surface area contributed by atoms with E-state index in [1.807, 2.05) is 35.8 Å². The van der Waals surface area contributed by atoms with Gasteiger partial charge in [0.2, 0.25) is 0 Å². The summed E-state index contributed by atoms with van der Waals surface area (Å²) in [6, 6.07) is 2.05. The smallest absolute Gasteiger partial charge is 0.193 e. The van der Waals surface area contributed by atoms with Gasteiger partial charge in [-0.1, -0.05) is 6.92 Å². The number of aliphatic imine (C=N–C) groups is 1. The van der Waals surface area contributed by atoms with Gasteiger partial charge in [0, 0.05) is 49.8 Å². The van der Waals surface area contributed by atoms with Gasteiger partial charge >= 0.3 is 0 Å². The lowest BCUT2D eigenvalue weighted by Crippen LogP contribution is -2.40. The zero-order valence-corrected chi connectivity index (χ0v) is 18.1. The van der Waals surface area contributed by atoms with Gasteiger partial charge in [-0.3, -0.25) is 4.99 Å². The van der Waals surface area contributed by atoms with Crippen LogP contribution in [0.15, 0.2) is 21.7 Å². The predicted octanol–water partition coefficient (Wildman–Crippen LogP) is 1.85. The first-order valence-corrected chi connectivity index (χ1v) is 9.33. The third-order valence-corrected chi connectivity index (χ3v) is 5.32. The Morgan fingerprint density at radius 2 is 2.14 bits per heavy atom. The topological polar surface area (TPSA) is 66.7 Å². The standard InChI is InChI=1S/C13H23BrN4O2S.HI/c1-5-21(19,20)7-6-16-13(15-2)18(4)10-12-8-11(14)9-17(12)3;/h8-9H,5-7,10H2,1-4H3,(H,15,16);1H. The quantitative estimate of drug-likeness (QED) is 0.363. The minimum absolute atomic E-state index is 0. The molecule has 0 atom stereocenters. The van der Waals surface area contributed by atoms with Gasteiger partial charge in [0.25, 0.3) is 0 Å². The van der Waals surface area contributed by atoms with E-state index < -0.39 is 9.84 Å². The molecule has 0 aliphatic heterocycles. The van der Waals surface area contributed by atoms with Crippen LogP contribution in [0, 0.1) is 0 Å². The van der Waals surface area contributed by atoms with Crippen LogP contribution in [-0.2, 0) is 23.4 Å². The lowest BCUT2D eigenvalue weighted by atomic mass is 10.4. The van der Waals surface area contributed by atoms with E-state index >= 15 is 0 Å². The molecule has 0 saturated heterocycles. The van der Waals surface area contributed by atoms with Crippen molar-refractivity contribution in [2.45, 2.75) is 13.5 Å². The summed E-state index contributed by atoms with van der Waals surface area (Å²) in [5.41, 5.74) is 1.13. The molecule has 0 fully saturated rings. The van der Waals surface area contributed by atoms with Crippen molar-refractivity contribution in [1.29, 1.82) is 0 Å². The highest BCUT2D eigenvalue weighted by molar-refractivity contribution is 14.0. The molecule has 0 spiro atoms. The summed E-state index contributed by atoms with van der Waals surface area (Å²) in [5.74, 6) is 0.964. The number of rotatable bonds is 6. The molecule has 1 N–H and O–H groups in total. The van der Waals surface area contributed by atoms with Crippen molar-refractivity contribution in [2.75, 3.05) is 32.1 Å². The molecule has 1 rings (SSSR count). The molecule has 0 aliphatic rings. The molecule has 6 nitrogen and oxygen atoms in total. The fourth-order valence-electron chi connectivity index (χ4n) is 1.89. The molecule has 1 aromatic rings. The SMILES string of the molecule is CCS(=O)(=O)CCNC(=NC)N(C)Cc1cc(Br)cn1C.I. The Kier molecular flexibility index (Phi) is 9.63. The van der Waals surface area contributed by atoms with Crippen molar-refractivity contribution in [3.05, 3.63) is 22.4 Å². The zero-order chi connectivity index (χ0) is 16.0. The Morgan fingerprint density at radius 3 is 2.59 bits per heavy atom. The fourth-order valence-corrected chi connectivity index (χ4v) is 3.16. The van der Waals surface area contributed by atoms with Crippen molar-refractivity contribution in [2.24, 2.45) is 12.0 Å². The minimum Gasteiger partial charge on any atom is -0.355 e. The van der Waals surface area contributed by atoms with Gasteiger partial charge in [0.05, 0.1) is 12.3 Å². The van der Waals surface area contributed by atoms with Crippen LogP contribution in [-0.4, -0.2) is 56.0 Å². The summed E-state index contributed by atoms with van der Waals surface area (Å²) in [6.07, 6.45) is 1.99. The highest BCUT2D eigenvalue weighted by Gasteiger charge is 2.11. The van der Waals surface area contributed by atoms with Gasteiger partial charge < -0.3 is 14.8 Å². The number of aryl methyl sites for hydroxylation is 1. The monoisotopic (exact) mass is 506 g/mol. The third kappa shape index (κ3) is 6.86. The van der Waals surface area contributed by atoms with E-state index in [-0.39, 0.29) is 35.5 Å². The Hall–Kier alpha value is -0.290. The van der Waals surface area contributed by atoms with Crippen molar-refractivity contribution < 1.29 is 8.42 Å². The van der Waals surface area contributed by atoms with Crippen LogP contribution < -0.4 is 5.32 Å². The van der Waals surface area contributed by atoms with E-state index in [0.717, 1.165) is 10.2 Å². The molecule has 0 aliphatic carbocycles. The highest BCUT2D eigenvalue weighted by Crippen LogP contribution is 2.14. The Morgan fingerprint density at radius 1 is 1.50 bits per heavy atom. The van der Waals surface area contributed by atoms with Crippen molar-refractivity contribution >= 4 is 55.7 Å². The average Bonchev–Trinajstić information content (AvgIpc) is 2.72. The average molecular weight is 507 g/mol. The summed E-state index contributed by atoms with van der Waals surface area (Å²) >= 11 is 3.45. The maximum atomic E-state index is 11.5. The van der Waals surface area contributed by atoms with Gasteiger partial charge in [0.15, 0.2) is 15.8 Å². The van der Waals surface area contributed by atoms with Gasteiger partial charge in [-0.25, -0.2) is 8.42 Å². The maximum absolute atomic E-state index is 11.5. The van der Waals surface area contributed by atoms with Crippen LogP contribution in [0.1, 0.15) is 12.6 Å². The molecule has 0 radical (unpaired) electrons. The molecule has 0 amide bonds. The van der Waals surface area contributed by atoms with Crippen LogP contribution in [0.3, 0.4) is 0 Å². The fraction of sp³-hybridized carbons (Fsp3) is 0.615. The summed E-state index contributed by atoms with van der Waals surface area (Å²) in [6.45, 7) is 2.70. The summed E-state index contributed by atoms with van der Waals surface area (Å²) in [5, 5.41) is 3.08. The Labute approximate surface area is 158 Å². The molecule has 22 heavy (non-hydrogen) atoms. The van der Waals surface area contributed by atoms with E-state index in [4.69, 9.17) is 0 Å². The number of aromatic nitrogens is 1. The van der Waals surface area contributed by atoms with Crippen molar-refractivity contribution in [1.82, 2.24) is 14.8 Å². The predicted molar refractivity (Wildman–Crippen MR) is 106 cm³/mol. The molecule has 1 aromatic heterocycles. The minimum atomic E-state index is -2.96. The second kappa shape index (κ2) is 9.76. The summed E-state index contributed by atoms with van der Waals surface area (Å²) in [4.78, 5) is 6.14. The van der Waals surface area contributed by atoms with Crippen LogP contribution >= 0.6 is 39.9 Å². The van der Waals surface area contributed by atoms with Crippen molar-refractivity contribution in [3.63, 3.8) is 0 Å².